The third-order valence-electron chi connectivity index (χ3n) is 2.32. The fraction of sp³-hybridized carbons (Fsp3) is 0.182. The monoisotopic (exact) mass is 348 g/mol. The van der Waals surface area contributed by atoms with Crippen molar-refractivity contribution in [2.24, 2.45) is 0 Å². The van der Waals surface area contributed by atoms with Gasteiger partial charge >= 0.3 is 0 Å². The van der Waals surface area contributed by atoms with Crippen molar-refractivity contribution in [3.63, 3.8) is 0 Å². The molecule has 1 aromatic heterocycles. The highest BCUT2D eigenvalue weighted by Gasteiger charge is 2.18. The van der Waals surface area contributed by atoms with E-state index in [1.165, 1.54) is 6.20 Å². The normalized spacial score (nSPS) is 15.3. The summed E-state index contributed by atoms with van der Waals surface area (Å²) in [7, 11) is -3.60. The van der Waals surface area contributed by atoms with Crippen LogP contribution in [0.25, 0.3) is 0 Å². The summed E-state index contributed by atoms with van der Waals surface area (Å²) in [5.74, 6) is 0. The molecule has 1 N–H and O–H groups in total. The zero-order valence-corrected chi connectivity index (χ0v) is 12.4. The second-order valence-corrected chi connectivity index (χ2v) is 6.64. The number of hydrogen-bond acceptors (Lipinski definition) is 3. The molecule has 1 aliphatic carbocycles. The molecule has 0 bridgehead atoms. The first-order chi connectivity index (χ1) is 8.49. The molecule has 2 rings (SSSR count). The average molecular weight is 350 g/mol. The quantitative estimate of drug-likeness (QED) is 0.850. The van der Waals surface area contributed by atoms with Crippen LogP contribution in [0, 0.1) is 0 Å². The summed E-state index contributed by atoms with van der Waals surface area (Å²) in [5, 5.41) is 0.113. The standard InChI is InChI=1S/C11H10BrClN2O2S/c12-8-6-10(11(13)14-7-8)15-18(16,17)9-4-2-1-3-5-9/h2,4-7,15H,1,3H2. The van der Waals surface area contributed by atoms with Gasteiger partial charge in [-0.1, -0.05) is 23.8 Å². The maximum absolute atomic E-state index is 12.1. The van der Waals surface area contributed by atoms with Crippen molar-refractivity contribution in [2.75, 3.05) is 4.72 Å². The highest BCUT2D eigenvalue weighted by Crippen LogP contribution is 2.26. The van der Waals surface area contributed by atoms with Gasteiger partial charge in [-0.25, -0.2) is 13.4 Å². The van der Waals surface area contributed by atoms with Gasteiger partial charge in [0.2, 0.25) is 0 Å². The topological polar surface area (TPSA) is 59.1 Å². The van der Waals surface area contributed by atoms with Crippen LogP contribution in [0.15, 0.2) is 39.9 Å². The average Bonchev–Trinajstić information content (AvgIpc) is 2.35. The summed E-state index contributed by atoms with van der Waals surface area (Å²) in [5.41, 5.74) is 0.255. The minimum absolute atomic E-state index is 0.113. The molecule has 0 spiro atoms. The van der Waals surface area contributed by atoms with Crippen molar-refractivity contribution in [2.45, 2.75) is 12.8 Å². The molecule has 0 aromatic carbocycles. The molecule has 0 atom stereocenters. The number of nitrogens with one attached hydrogen (secondary N) is 1. The van der Waals surface area contributed by atoms with Gasteiger partial charge in [0, 0.05) is 10.7 Å². The Morgan fingerprint density at radius 2 is 2.17 bits per heavy atom. The van der Waals surface area contributed by atoms with Crippen LogP contribution < -0.4 is 4.72 Å². The molecule has 0 amide bonds. The number of hydrogen-bond donors (Lipinski definition) is 1. The Kier molecular flexibility index (Phi) is 4.09. The minimum atomic E-state index is -3.60. The van der Waals surface area contributed by atoms with Gasteiger partial charge in [0.05, 0.1) is 10.6 Å². The molecule has 0 unspecified atom stereocenters. The summed E-state index contributed by atoms with van der Waals surface area (Å²) in [6.45, 7) is 0. The summed E-state index contributed by atoms with van der Waals surface area (Å²) < 4.78 is 27.2. The molecule has 0 saturated carbocycles. The van der Waals surface area contributed by atoms with Gasteiger partial charge in [-0.15, -0.1) is 0 Å². The van der Waals surface area contributed by atoms with Crippen LogP contribution in [0.2, 0.25) is 5.15 Å². The van der Waals surface area contributed by atoms with E-state index >= 15 is 0 Å². The van der Waals surface area contributed by atoms with Gasteiger partial charge in [-0.05, 0) is 40.9 Å². The third kappa shape index (κ3) is 3.13. The second-order valence-electron chi connectivity index (χ2n) is 3.68. The molecule has 0 saturated heterocycles. The Hall–Kier alpha value is -0.850. The lowest BCUT2D eigenvalue weighted by molar-refractivity contribution is 0.607. The van der Waals surface area contributed by atoms with Crippen LogP contribution in [0.1, 0.15) is 12.8 Å². The number of allylic oxidation sites excluding steroid dienone is 3. The van der Waals surface area contributed by atoms with Crippen LogP contribution in [0.4, 0.5) is 5.69 Å². The molecule has 1 aliphatic rings. The molecule has 7 heteroatoms. The Labute approximate surface area is 119 Å². The molecule has 4 nitrogen and oxygen atoms in total. The molecule has 1 heterocycles. The molecule has 0 radical (unpaired) electrons. The van der Waals surface area contributed by atoms with Gasteiger partial charge in [0.15, 0.2) is 5.15 Å². The number of aromatic nitrogens is 1. The predicted molar refractivity (Wildman–Crippen MR) is 75.9 cm³/mol. The fourth-order valence-corrected chi connectivity index (χ4v) is 3.20. The number of halogens is 2. The molecular formula is C11H10BrClN2O2S. The number of anilines is 1. The van der Waals surface area contributed by atoms with Crippen LogP contribution in [-0.2, 0) is 10.0 Å². The van der Waals surface area contributed by atoms with Crippen molar-refractivity contribution in [1.29, 1.82) is 0 Å². The lowest BCUT2D eigenvalue weighted by Gasteiger charge is -2.11. The van der Waals surface area contributed by atoms with Crippen LogP contribution in [0.3, 0.4) is 0 Å². The highest BCUT2D eigenvalue weighted by molar-refractivity contribution is 9.10. The van der Waals surface area contributed by atoms with E-state index in [0.29, 0.717) is 4.47 Å². The number of nitrogens with zero attached hydrogens (tertiary/aromatic N) is 1. The Morgan fingerprint density at radius 3 is 2.83 bits per heavy atom. The predicted octanol–water partition coefficient (Wildman–Crippen LogP) is 3.47. The first-order valence-corrected chi connectivity index (χ1v) is 7.85. The largest absolute Gasteiger partial charge is 0.276 e. The van der Waals surface area contributed by atoms with Crippen LogP contribution in [-0.4, -0.2) is 13.4 Å². The highest BCUT2D eigenvalue weighted by atomic mass is 79.9. The smallest absolute Gasteiger partial charge is 0.261 e. The molecule has 0 fully saturated rings. The van der Waals surface area contributed by atoms with E-state index in [0.717, 1.165) is 12.8 Å². The van der Waals surface area contributed by atoms with E-state index in [-0.39, 0.29) is 15.7 Å². The van der Waals surface area contributed by atoms with Gasteiger partial charge in [0.25, 0.3) is 10.0 Å². The first-order valence-electron chi connectivity index (χ1n) is 5.19. The third-order valence-corrected chi connectivity index (χ3v) is 4.47. The molecule has 1 aromatic rings. The van der Waals surface area contributed by atoms with Crippen molar-refractivity contribution in [1.82, 2.24) is 4.98 Å². The summed E-state index contributed by atoms with van der Waals surface area (Å²) in [6.07, 6.45) is 8.18. The maximum atomic E-state index is 12.1. The van der Waals surface area contributed by atoms with Gasteiger partial charge in [0.1, 0.15) is 0 Å². The molecular weight excluding hydrogens is 340 g/mol. The Bertz CT molecular complexity index is 626. The first kappa shape index (κ1) is 13.6. The van der Waals surface area contributed by atoms with E-state index in [2.05, 4.69) is 25.6 Å². The SMILES string of the molecule is O=S(=O)(Nc1cc(Br)cnc1Cl)C1=CCCC=C1. The minimum Gasteiger partial charge on any atom is -0.276 e. The lowest BCUT2D eigenvalue weighted by atomic mass is 10.2. The van der Waals surface area contributed by atoms with Crippen molar-refractivity contribution in [3.8, 4) is 0 Å². The van der Waals surface area contributed by atoms with E-state index < -0.39 is 10.0 Å². The zero-order valence-electron chi connectivity index (χ0n) is 9.23. The maximum Gasteiger partial charge on any atom is 0.261 e. The van der Waals surface area contributed by atoms with Crippen molar-refractivity contribution < 1.29 is 8.42 Å². The van der Waals surface area contributed by atoms with Gasteiger partial charge in [-0.2, -0.15) is 0 Å². The zero-order chi connectivity index (χ0) is 13.2. The van der Waals surface area contributed by atoms with Crippen LogP contribution in [0.5, 0.6) is 0 Å². The number of rotatable bonds is 3. The lowest BCUT2D eigenvalue weighted by Crippen LogP contribution is -2.15. The summed E-state index contributed by atoms with van der Waals surface area (Å²) in [6, 6.07) is 1.57. The van der Waals surface area contributed by atoms with Crippen LogP contribution >= 0.6 is 27.5 Å². The second kappa shape index (κ2) is 5.42. The molecule has 18 heavy (non-hydrogen) atoms. The van der Waals surface area contributed by atoms with Gasteiger partial charge < -0.3 is 0 Å². The number of sulfonamides is 1. The molecule has 0 aliphatic heterocycles. The Morgan fingerprint density at radius 1 is 1.39 bits per heavy atom. The van der Waals surface area contributed by atoms with Gasteiger partial charge in [-0.3, -0.25) is 4.72 Å². The fourth-order valence-electron chi connectivity index (χ4n) is 1.49. The van der Waals surface area contributed by atoms with E-state index in [1.807, 2.05) is 6.08 Å². The summed E-state index contributed by atoms with van der Waals surface area (Å²) in [4.78, 5) is 4.12. The number of pyridine rings is 1. The van der Waals surface area contributed by atoms with E-state index in [1.54, 1.807) is 18.2 Å². The van der Waals surface area contributed by atoms with E-state index in [9.17, 15) is 8.42 Å². The summed E-state index contributed by atoms with van der Waals surface area (Å²) >= 11 is 9.06. The van der Waals surface area contributed by atoms with Crippen molar-refractivity contribution >= 4 is 43.2 Å². The van der Waals surface area contributed by atoms with E-state index in [4.69, 9.17) is 11.6 Å². The Balaban J connectivity index is 2.30. The van der Waals surface area contributed by atoms with Crippen molar-refractivity contribution in [3.05, 3.63) is 45.0 Å². The molecule has 96 valence electrons.